The molecule has 0 unspecified atom stereocenters. The van der Waals surface area contributed by atoms with Gasteiger partial charge >= 0.3 is 0 Å². The summed E-state index contributed by atoms with van der Waals surface area (Å²) >= 11 is 1.32. The van der Waals surface area contributed by atoms with Crippen LogP contribution in [0.2, 0.25) is 0 Å². The van der Waals surface area contributed by atoms with Gasteiger partial charge in [-0.1, -0.05) is 42.0 Å². The molecule has 0 saturated carbocycles. The van der Waals surface area contributed by atoms with Crippen LogP contribution in [0.5, 0.6) is 0 Å². The van der Waals surface area contributed by atoms with Gasteiger partial charge in [0.2, 0.25) is 5.17 Å². The second-order valence-electron chi connectivity index (χ2n) is 8.24. The molecular formula is C26H23N5OS. The smallest absolute Gasteiger partial charge is 0.283 e. The molecule has 5 rings (SSSR count). The van der Waals surface area contributed by atoms with E-state index >= 15 is 0 Å². The van der Waals surface area contributed by atoms with Crippen LogP contribution in [0.1, 0.15) is 33.6 Å². The van der Waals surface area contributed by atoms with E-state index in [1.165, 1.54) is 22.3 Å². The van der Waals surface area contributed by atoms with Crippen LogP contribution in [0.4, 0.5) is 0 Å². The maximum atomic E-state index is 12.9. The number of rotatable bonds is 3. The maximum Gasteiger partial charge on any atom is 0.283 e. The average Bonchev–Trinajstić information content (AvgIpc) is 3.33. The van der Waals surface area contributed by atoms with E-state index < -0.39 is 5.91 Å². The first kappa shape index (κ1) is 21.2. The number of hydrogen-bond donors (Lipinski definition) is 1. The third kappa shape index (κ3) is 3.64. The molecule has 0 saturated heterocycles. The summed E-state index contributed by atoms with van der Waals surface area (Å²) in [5, 5.41) is 15.9. The summed E-state index contributed by atoms with van der Waals surface area (Å²) in [6, 6.07) is 18.3. The molecule has 3 aromatic rings. The molecule has 0 bridgehead atoms. The Kier molecular flexibility index (Phi) is 5.13. The highest BCUT2D eigenvalue weighted by atomic mass is 32.2. The van der Waals surface area contributed by atoms with Crippen molar-refractivity contribution in [3.63, 3.8) is 0 Å². The first-order chi connectivity index (χ1) is 15.8. The number of hydrogen-bond acceptors (Lipinski definition) is 4. The molecule has 33 heavy (non-hydrogen) atoms. The summed E-state index contributed by atoms with van der Waals surface area (Å²) in [4.78, 5) is 17.1. The van der Waals surface area contributed by atoms with Gasteiger partial charge in [-0.15, -0.1) is 0 Å². The van der Waals surface area contributed by atoms with Gasteiger partial charge in [-0.25, -0.2) is 0 Å². The number of hydrazone groups is 1. The summed E-state index contributed by atoms with van der Waals surface area (Å²) < 4.78 is 2.15. The second kappa shape index (κ2) is 8.01. The predicted molar refractivity (Wildman–Crippen MR) is 135 cm³/mol. The maximum absolute atomic E-state index is 12.9. The van der Waals surface area contributed by atoms with E-state index in [4.69, 9.17) is 5.41 Å². The zero-order chi connectivity index (χ0) is 23.3. The van der Waals surface area contributed by atoms with E-state index in [2.05, 4.69) is 45.9 Å². The fraction of sp³-hybridized carbons (Fsp3) is 0.154. The fourth-order valence-corrected chi connectivity index (χ4v) is 5.08. The molecule has 164 valence electrons. The number of aliphatic imine (C=N–C) groups is 1. The minimum Gasteiger partial charge on any atom is -0.318 e. The Morgan fingerprint density at radius 3 is 2.45 bits per heavy atom. The molecular weight excluding hydrogens is 430 g/mol. The highest BCUT2D eigenvalue weighted by molar-refractivity contribution is 8.27. The highest BCUT2D eigenvalue weighted by Crippen LogP contribution is 2.32. The summed E-state index contributed by atoms with van der Waals surface area (Å²) in [6.45, 7) is 8.14. The van der Waals surface area contributed by atoms with Crippen LogP contribution in [0.3, 0.4) is 0 Å². The third-order valence-electron chi connectivity index (χ3n) is 5.89. The quantitative estimate of drug-likeness (QED) is 0.541. The Morgan fingerprint density at radius 1 is 1.00 bits per heavy atom. The third-order valence-corrected chi connectivity index (χ3v) is 6.83. The number of amides is 1. The van der Waals surface area contributed by atoms with Crippen LogP contribution in [0.25, 0.3) is 11.8 Å². The summed E-state index contributed by atoms with van der Waals surface area (Å²) in [7, 11) is 0. The number of aromatic nitrogens is 1. The minimum absolute atomic E-state index is 0.0428. The molecule has 0 radical (unpaired) electrons. The summed E-state index contributed by atoms with van der Waals surface area (Å²) in [5.74, 6) is -0.374. The van der Waals surface area contributed by atoms with Crippen LogP contribution in [-0.2, 0) is 4.79 Å². The summed E-state index contributed by atoms with van der Waals surface area (Å²) in [6.07, 6.45) is 1.75. The highest BCUT2D eigenvalue weighted by Gasteiger charge is 2.36. The number of nitrogens with one attached hydrogen (secondary N) is 1. The van der Waals surface area contributed by atoms with Gasteiger partial charge in [0.1, 0.15) is 5.04 Å². The van der Waals surface area contributed by atoms with Gasteiger partial charge in [-0.3, -0.25) is 10.2 Å². The molecule has 7 heteroatoms. The molecule has 0 atom stereocenters. The zero-order valence-electron chi connectivity index (χ0n) is 18.9. The lowest BCUT2D eigenvalue weighted by Gasteiger charge is -2.20. The van der Waals surface area contributed by atoms with Crippen molar-refractivity contribution in [3.05, 3.63) is 93.8 Å². The molecule has 0 fully saturated rings. The largest absolute Gasteiger partial charge is 0.318 e. The minimum atomic E-state index is -0.417. The van der Waals surface area contributed by atoms with Crippen molar-refractivity contribution in [2.45, 2.75) is 27.7 Å². The van der Waals surface area contributed by atoms with E-state index in [0.717, 1.165) is 38.8 Å². The van der Waals surface area contributed by atoms with Gasteiger partial charge in [-0.2, -0.15) is 15.1 Å². The molecule has 1 N–H and O–H groups in total. The monoisotopic (exact) mass is 453 g/mol. The van der Waals surface area contributed by atoms with Crippen LogP contribution < -0.4 is 0 Å². The topological polar surface area (TPSA) is 73.8 Å². The molecule has 3 heterocycles. The van der Waals surface area contributed by atoms with Crippen LogP contribution in [-0.4, -0.2) is 31.5 Å². The standard InChI is InChI=1S/C26H23N5OS/c1-15-9-11-20(12-10-15)30-17(3)13-19(18(30)4)14-22-23(27)31-26(28-24(22)32)33-25(29-31)21-8-6-5-7-16(21)2/h5-14,27H,1-4H3. The molecule has 0 aliphatic carbocycles. The van der Waals surface area contributed by atoms with Crippen molar-refractivity contribution in [1.29, 1.82) is 5.41 Å². The van der Waals surface area contributed by atoms with Crippen LogP contribution in [0, 0.1) is 33.1 Å². The van der Waals surface area contributed by atoms with Gasteiger partial charge < -0.3 is 4.57 Å². The number of benzene rings is 2. The van der Waals surface area contributed by atoms with Gasteiger partial charge in [0.05, 0.1) is 5.57 Å². The Labute approximate surface area is 196 Å². The lowest BCUT2D eigenvalue weighted by Crippen LogP contribution is -2.35. The van der Waals surface area contributed by atoms with Crippen LogP contribution in [0.15, 0.2) is 70.3 Å². The van der Waals surface area contributed by atoms with Gasteiger partial charge in [0.15, 0.2) is 5.84 Å². The van der Waals surface area contributed by atoms with Gasteiger partial charge in [0, 0.05) is 22.6 Å². The number of carbonyl (C=O) groups is 1. The Hall–Kier alpha value is -3.71. The van der Waals surface area contributed by atoms with E-state index in [0.29, 0.717) is 5.17 Å². The van der Waals surface area contributed by atoms with Crippen molar-refractivity contribution in [1.82, 2.24) is 9.58 Å². The van der Waals surface area contributed by atoms with Crippen molar-refractivity contribution < 1.29 is 4.79 Å². The van der Waals surface area contributed by atoms with Crippen molar-refractivity contribution in [3.8, 4) is 5.69 Å². The lowest BCUT2D eigenvalue weighted by atomic mass is 10.1. The van der Waals surface area contributed by atoms with Crippen molar-refractivity contribution in [2.75, 3.05) is 0 Å². The number of nitrogens with zero attached hydrogens (tertiary/aromatic N) is 4. The number of thioether (sulfide) groups is 1. The molecule has 6 nitrogen and oxygen atoms in total. The van der Waals surface area contributed by atoms with E-state index in [9.17, 15) is 4.79 Å². The molecule has 1 aromatic heterocycles. The number of fused-ring (bicyclic) bond motifs is 1. The molecule has 2 aromatic carbocycles. The van der Waals surface area contributed by atoms with E-state index in [1.807, 2.05) is 51.1 Å². The van der Waals surface area contributed by atoms with Gasteiger partial charge in [0.25, 0.3) is 5.91 Å². The van der Waals surface area contributed by atoms with Crippen LogP contribution >= 0.6 is 11.8 Å². The first-order valence-corrected chi connectivity index (χ1v) is 11.5. The van der Waals surface area contributed by atoms with E-state index in [-0.39, 0.29) is 11.4 Å². The van der Waals surface area contributed by atoms with Crippen molar-refractivity contribution >= 4 is 39.8 Å². The zero-order valence-corrected chi connectivity index (χ0v) is 19.7. The Morgan fingerprint density at radius 2 is 1.73 bits per heavy atom. The average molecular weight is 454 g/mol. The predicted octanol–water partition coefficient (Wildman–Crippen LogP) is 5.38. The molecule has 2 aliphatic rings. The van der Waals surface area contributed by atoms with Crippen molar-refractivity contribution in [2.24, 2.45) is 10.1 Å². The summed E-state index contributed by atoms with van der Waals surface area (Å²) in [5.41, 5.74) is 7.50. The van der Waals surface area contributed by atoms with Gasteiger partial charge in [-0.05, 0) is 74.9 Å². The number of aryl methyl sites for hydroxylation is 3. The Bertz CT molecular complexity index is 1410. The second-order valence-corrected chi connectivity index (χ2v) is 9.19. The number of carbonyl (C=O) groups excluding carboxylic acids is 1. The fourth-order valence-electron chi connectivity index (χ4n) is 4.09. The molecule has 2 aliphatic heterocycles. The number of amidine groups is 2. The molecule has 1 amide bonds. The van der Waals surface area contributed by atoms with E-state index in [1.54, 1.807) is 6.08 Å². The SMILES string of the molecule is Cc1ccc(-n2c(C)cc(C=C3C(=N)N4N=C(c5ccccc5C)SC4=NC3=O)c2C)cc1. The lowest BCUT2D eigenvalue weighted by molar-refractivity contribution is -0.114. The first-order valence-electron chi connectivity index (χ1n) is 10.7. The molecule has 0 spiro atoms. The Balaban J connectivity index is 1.52. The normalized spacial score (nSPS) is 16.8.